The quantitative estimate of drug-likeness (QED) is 0.807. The van der Waals surface area contributed by atoms with E-state index in [1.807, 2.05) is 24.5 Å². The van der Waals surface area contributed by atoms with Crippen LogP contribution >= 0.6 is 0 Å². The van der Waals surface area contributed by atoms with E-state index in [1.54, 1.807) is 12.4 Å². The predicted octanol–water partition coefficient (Wildman–Crippen LogP) is 3.01. The zero-order valence-electron chi connectivity index (χ0n) is 12.3. The number of nitrogens with one attached hydrogen (secondary N) is 1. The SMILES string of the molecule is c1cc(OC2CCN(c3cnccn3)CC2)c2cc[nH]c2c1. The van der Waals surface area contributed by atoms with Crippen molar-refractivity contribution in [2.75, 3.05) is 18.0 Å². The lowest BCUT2D eigenvalue weighted by molar-refractivity contribution is 0.173. The van der Waals surface area contributed by atoms with Crippen molar-refractivity contribution in [1.29, 1.82) is 0 Å². The second kappa shape index (κ2) is 5.67. The second-order valence-electron chi connectivity index (χ2n) is 5.56. The molecule has 1 aromatic carbocycles. The van der Waals surface area contributed by atoms with E-state index in [2.05, 4.69) is 32.0 Å². The van der Waals surface area contributed by atoms with Gasteiger partial charge in [-0.1, -0.05) is 6.07 Å². The molecule has 0 spiro atoms. The molecule has 0 unspecified atom stereocenters. The molecular formula is C17H18N4O. The highest BCUT2D eigenvalue weighted by atomic mass is 16.5. The van der Waals surface area contributed by atoms with Crippen molar-refractivity contribution in [2.45, 2.75) is 18.9 Å². The molecule has 1 N–H and O–H groups in total. The predicted molar refractivity (Wildman–Crippen MR) is 86.2 cm³/mol. The lowest BCUT2D eigenvalue weighted by Gasteiger charge is -2.32. The fourth-order valence-electron chi connectivity index (χ4n) is 3.00. The molecule has 0 saturated carbocycles. The van der Waals surface area contributed by atoms with Gasteiger partial charge >= 0.3 is 0 Å². The maximum Gasteiger partial charge on any atom is 0.147 e. The van der Waals surface area contributed by atoms with Gasteiger partial charge in [0, 0.05) is 55.4 Å². The molecule has 0 aliphatic carbocycles. The van der Waals surface area contributed by atoms with Crippen molar-refractivity contribution in [1.82, 2.24) is 15.0 Å². The third-order valence-corrected chi connectivity index (χ3v) is 4.16. The lowest BCUT2D eigenvalue weighted by atomic mass is 10.1. The fourth-order valence-corrected chi connectivity index (χ4v) is 3.00. The Bertz CT molecular complexity index is 747. The van der Waals surface area contributed by atoms with Gasteiger partial charge in [0.05, 0.1) is 6.20 Å². The van der Waals surface area contributed by atoms with Gasteiger partial charge in [0.2, 0.25) is 0 Å². The largest absolute Gasteiger partial charge is 0.490 e. The lowest BCUT2D eigenvalue weighted by Crippen LogP contribution is -2.38. The normalized spacial score (nSPS) is 16.1. The van der Waals surface area contributed by atoms with Crippen LogP contribution in [0.1, 0.15) is 12.8 Å². The Labute approximate surface area is 129 Å². The Kier molecular flexibility index (Phi) is 3.39. The van der Waals surface area contributed by atoms with Gasteiger partial charge in [-0.25, -0.2) is 4.98 Å². The minimum atomic E-state index is 0.258. The van der Waals surface area contributed by atoms with Crippen LogP contribution in [0.3, 0.4) is 0 Å². The van der Waals surface area contributed by atoms with Gasteiger partial charge in [0.15, 0.2) is 0 Å². The summed E-state index contributed by atoms with van der Waals surface area (Å²) in [6.45, 7) is 1.90. The van der Waals surface area contributed by atoms with Crippen LogP contribution in [0.4, 0.5) is 5.82 Å². The van der Waals surface area contributed by atoms with Gasteiger partial charge in [0.25, 0.3) is 0 Å². The highest BCUT2D eigenvalue weighted by Crippen LogP contribution is 2.28. The van der Waals surface area contributed by atoms with Crippen molar-refractivity contribution in [3.8, 4) is 5.75 Å². The van der Waals surface area contributed by atoms with Crippen LogP contribution in [0, 0.1) is 0 Å². The van der Waals surface area contributed by atoms with Gasteiger partial charge in [-0.3, -0.25) is 4.98 Å². The Morgan fingerprint density at radius 2 is 2.05 bits per heavy atom. The number of fused-ring (bicyclic) bond motifs is 1. The highest BCUT2D eigenvalue weighted by molar-refractivity contribution is 5.85. The number of aromatic amines is 1. The van der Waals surface area contributed by atoms with Gasteiger partial charge in [-0.05, 0) is 18.2 Å². The number of rotatable bonds is 3. The smallest absolute Gasteiger partial charge is 0.147 e. The molecule has 1 aliphatic heterocycles. The topological polar surface area (TPSA) is 54.0 Å². The Morgan fingerprint density at radius 1 is 1.14 bits per heavy atom. The van der Waals surface area contributed by atoms with Crippen molar-refractivity contribution in [2.24, 2.45) is 0 Å². The molecule has 112 valence electrons. The number of nitrogens with zero attached hydrogens (tertiary/aromatic N) is 3. The summed E-state index contributed by atoms with van der Waals surface area (Å²) in [5.41, 5.74) is 1.12. The van der Waals surface area contributed by atoms with Crippen molar-refractivity contribution >= 4 is 16.7 Å². The van der Waals surface area contributed by atoms with Crippen molar-refractivity contribution in [3.63, 3.8) is 0 Å². The van der Waals surface area contributed by atoms with Crippen LogP contribution in [0.2, 0.25) is 0 Å². The molecule has 1 saturated heterocycles. The minimum absolute atomic E-state index is 0.258. The molecule has 0 amide bonds. The number of benzene rings is 1. The third-order valence-electron chi connectivity index (χ3n) is 4.16. The van der Waals surface area contributed by atoms with Crippen LogP contribution < -0.4 is 9.64 Å². The molecule has 3 heterocycles. The third kappa shape index (κ3) is 2.50. The summed E-state index contributed by atoms with van der Waals surface area (Å²) >= 11 is 0. The van der Waals surface area contributed by atoms with E-state index in [0.29, 0.717) is 0 Å². The van der Waals surface area contributed by atoms with Gasteiger partial charge in [-0.15, -0.1) is 0 Å². The molecule has 3 aromatic rings. The van der Waals surface area contributed by atoms with E-state index < -0.39 is 0 Å². The molecule has 0 radical (unpaired) electrons. The summed E-state index contributed by atoms with van der Waals surface area (Å²) < 4.78 is 6.23. The van der Waals surface area contributed by atoms with E-state index in [0.717, 1.165) is 48.4 Å². The van der Waals surface area contributed by atoms with Gasteiger partial charge in [0.1, 0.15) is 17.7 Å². The molecule has 4 rings (SSSR count). The summed E-state index contributed by atoms with van der Waals surface area (Å²) in [4.78, 5) is 14.0. The van der Waals surface area contributed by atoms with E-state index in [4.69, 9.17) is 4.74 Å². The first-order valence-corrected chi connectivity index (χ1v) is 7.64. The standard InChI is InChI=1S/C17H18N4O/c1-2-15-14(4-7-19-15)16(3-1)22-13-5-10-21(11-6-13)17-12-18-8-9-20-17/h1-4,7-9,12-13,19H,5-6,10-11H2. The van der Waals surface area contributed by atoms with Crippen LogP contribution in [0.5, 0.6) is 5.75 Å². The molecule has 5 nitrogen and oxygen atoms in total. The molecule has 1 aliphatic rings. The maximum absolute atomic E-state index is 6.23. The average Bonchev–Trinajstić information content (AvgIpc) is 3.06. The van der Waals surface area contributed by atoms with E-state index in [1.165, 1.54) is 0 Å². The Hall–Kier alpha value is -2.56. The number of ether oxygens (including phenoxy) is 1. The number of hydrogen-bond acceptors (Lipinski definition) is 4. The first-order chi connectivity index (χ1) is 10.9. The maximum atomic E-state index is 6.23. The molecule has 0 atom stereocenters. The number of hydrogen-bond donors (Lipinski definition) is 1. The van der Waals surface area contributed by atoms with Gasteiger partial charge < -0.3 is 14.6 Å². The van der Waals surface area contributed by atoms with Crippen LogP contribution in [-0.2, 0) is 0 Å². The zero-order valence-corrected chi connectivity index (χ0v) is 12.3. The molecule has 5 heteroatoms. The molecule has 22 heavy (non-hydrogen) atoms. The second-order valence-corrected chi connectivity index (χ2v) is 5.56. The first kappa shape index (κ1) is 13.1. The van der Waals surface area contributed by atoms with E-state index >= 15 is 0 Å². The first-order valence-electron chi connectivity index (χ1n) is 7.64. The zero-order chi connectivity index (χ0) is 14.8. The molecule has 1 fully saturated rings. The van der Waals surface area contributed by atoms with Crippen LogP contribution in [0.25, 0.3) is 10.9 Å². The highest BCUT2D eigenvalue weighted by Gasteiger charge is 2.22. The number of anilines is 1. The molecular weight excluding hydrogens is 276 g/mol. The Morgan fingerprint density at radius 3 is 2.86 bits per heavy atom. The molecule has 2 aromatic heterocycles. The fraction of sp³-hybridized carbons (Fsp3) is 0.294. The average molecular weight is 294 g/mol. The van der Waals surface area contributed by atoms with E-state index in [9.17, 15) is 0 Å². The van der Waals surface area contributed by atoms with Crippen molar-refractivity contribution in [3.05, 3.63) is 49.1 Å². The number of aromatic nitrogens is 3. The summed E-state index contributed by atoms with van der Waals surface area (Å²) in [7, 11) is 0. The summed E-state index contributed by atoms with van der Waals surface area (Å²) in [5.74, 6) is 1.92. The summed E-state index contributed by atoms with van der Waals surface area (Å²) in [6.07, 6.45) is 9.47. The minimum Gasteiger partial charge on any atom is -0.490 e. The summed E-state index contributed by atoms with van der Waals surface area (Å²) in [5, 5.41) is 1.15. The van der Waals surface area contributed by atoms with Crippen molar-refractivity contribution < 1.29 is 4.74 Å². The number of H-pyrrole nitrogens is 1. The Balaban J connectivity index is 1.43. The van der Waals surface area contributed by atoms with Gasteiger partial charge in [-0.2, -0.15) is 0 Å². The van der Waals surface area contributed by atoms with E-state index in [-0.39, 0.29) is 6.10 Å². The number of piperidine rings is 1. The van der Waals surface area contributed by atoms with Crippen LogP contribution in [0.15, 0.2) is 49.1 Å². The summed E-state index contributed by atoms with van der Waals surface area (Å²) in [6, 6.07) is 8.21. The monoisotopic (exact) mass is 294 g/mol. The molecule has 0 bridgehead atoms. The van der Waals surface area contributed by atoms with Crippen LogP contribution in [-0.4, -0.2) is 34.1 Å².